The van der Waals surface area contributed by atoms with Crippen LogP contribution in [0.5, 0.6) is 0 Å². The fourth-order valence-electron chi connectivity index (χ4n) is 1.57. The van der Waals surface area contributed by atoms with Gasteiger partial charge in [-0.15, -0.1) is 0 Å². The molecule has 0 saturated carbocycles. The minimum atomic E-state index is -4.58. The number of aromatic nitrogens is 1. The molecule has 0 aliphatic heterocycles. The van der Waals surface area contributed by atoms with E-state index >= 15 is 0 Å². The summed E-state index contributed by atoms with van der Waals surface area (Å²) < 4.78 is 37.3. The lowest BCUT2D eigenvalue weighted by molar-refractivity contribution is -0.141. The minimum Gasteiger partial charge on any atom is -0.383 e. The standard InChI is InChI=1S/C13H9F3N2O/c14-13(15,16)10-7-6-9(12(17)18-10)11(19)8-4-2-1-3-5-8/h1-7H,(H2,17,18). The molecule has 3 nitrogen and oxygen atoms in total. The number of rotatable bonds is 2. The van der Waals surface area contributed by atoms with Gasteiger partial charge in [0.15, 0.2) is 5.78 Å². The van der Waals surface area contributed by atoms with Gasteiger partial charge in [0.25, 0.3) is 0 Å². The zero-order valence-corrected chi connectivity index (χ0v) is 9.61. The molecule has 2 rings (SSSR count). The molecule has 19 heavy (non-hydrogen) atoms. The molecule has 0 aliphatic carbocycles. The fraction of sp³-hybridized carbons (Fsp3) is 0.0769. The number of nitrogen functional groups attached to an aromatic ring is 1. The van der Waals surface area contributed by atoms with Gasteiger partial charge in [-0.25, -0.2) is 4.98 Å². The van der Waals surface area contributed by atoms with Gasteiger partial charge in [-0.1, -0.05) is 30.3 Å². The van der Waals surface area contributed by atoms with Gasteiger partial charge in [0.05, 0.1) is 5.56 Å². The van der Waals surface area contributed by atoms with Crippen LogP contribution in [0.25, 0.3) is 0 Å². The summed E-state index contributed by atoms with van der Waals surface area (Å²) in [6.45, 7) is 0. The molecular weight excluding hydrogens is 257 g/mol. The first kappa shape index (κ1) is 13.1. The second-order valence-corrected chi connectivity index (χ2v) is 3.82. The van der Waals surface area contributed by atoms with Crippen LogP contribution in [0.15, 0.2) is 42.5 Å². The third kappa shape index (κ3) is 2.73. The van der Waals surface area contributed by atoms with E-state index in [4.69, 9.17) is 5.73 Å². The van der Waals surface area contributed by atoms with Crippen LogP contribution in [-0.2, 0) is 6.18 Å². The lowest BCUT2D eigenvalue weighted by Crippen LogP contribution is -2.13. The second kappa shape index (κ2) is 4.72. The van der Waals surface area contributed by atoms with E-state index in [9.17, 15) is 18.0 Å². The van der Waals surface area contributed by atoms with Crippen molar-refractivity contribution in [1.29, 1.82) is 0 Å². The highest BCUT2D eigenvalue weighted by Gasteiger charge is 2.33. The van der Waals surface area contributed by atoms with E-state index in [0.29, 0.717) is 5.56 Å². The van der Waals surface area contributed by atoms with Crippen LogP contribution in [0.4, 0.5) is 19.0 Å². The predicted octanol–water partition coefficient (Wildman–Crippen LogP) is 2.91. The maximum atomic E-state index is 12.4. The zero-order chi connectivity index (χ0) is 14.0. The Bertz CT molecular complexity index is 609. The Hall–Kier alpha value is -2.37. The maximum absolute atomic E-state index is 12.4. The normalized spacial score (nSPS) is 11.3. The molecular formula is C13H9F3N2O. The lowest BCUT2D eigenvalue weighted by atomic mass is 10.0. The van der Waals surface area contributed by atoms with Gasteiger partial charge in [-0.05, 0) is 12.1 Å². The number of hydrogen-bond acceptors (Lipinski definition) is 3. The summed E-state index contributed by atoms with van der Waals surface area (Å²) in [6.07, 6.45) is -4.58. The zero-order valence-electron chi connectivity index (χ0n) is 9.61. The molecule has 1 heterocycles. The molecule has 0 atom stereocenters. The summed E-state index contributed by atoms with van der Waals surface area (Å²) in [5.74, 6) is -0.886. The second-order valence-electron chi connectivity index (χ2n) is 3.82. The average Bonchev–Trinajstić information content (AvgIpc) is 2.38. The quantitative estimate of drug-likeness (QED) is 0.850. The molecule has 0 aliphatic rings. The Morgan fingerprint density at radius 2 is 1.68 bits per heavy atom. The topological polar surface area (TPSA) is 56.0 Å². The summed E-state index contributed by atoms with van der Waals surface area (Å²) in [6, 6.07) is 9.93. The van der Waals surface area contributed by atoms with Crippen molar-refractivity contribution in [3.05, 3.63) is 59.3 Å². The van der Waals surface area contributed by atoms with Crippen LogP contribution < -0.4 is 5.73 Å². The van der Waals surface area contributed by atoms with Crippen LogP contribution in [0.2, 0.25) is 0 Å². The molecule has 98 valence electrons. The molecule has 1 aromatic heterocycles. The molecule has 2 N–H and O–H groups in total. The van der Waals surface area contributed by atoms with Crippen molar-refractivity contribution in [2.75, 3.05) is 5.73 Å². The van der Waals surface area contributed by atoms with Gasteiger partial charge in [0.2, 0.25) is 0 Å². The molecule has 0 spiro atoms. The van der Waals surface area contributed by atoms with Crippen molar-refractivity contribution < 1.29 is 18.0 Å². The minimum absolute atomic E-state index is 0.0424. The predicted molar refractivity (Wildman–Crippen MR) is 63.5 cm³/mol. The molecule has 6 heteroatoms. The van der Waals surface area contributed by atoms with Gasteiger partial charge in [-0.3, -0.25) is 4.79 Å². The third-order valence-corrected chi connectivity index (χ3v) is 2.50. The molecule has 1 aromatic carbocycles. The number of carbonyl (C=O) groups is 1. The summed E-state index contributed by atoms with van der Waals surface area (Å²) in [7, 11) is 0. The Morgan fingerprint density at radius 1 is 1.05 bits per heavy atom. The monoisotopic (exact) mass is 266 g/mol. The number of carbonyl (C=O) groups excluding carboxylic acids is 1. The molecule has 0 fully saturated rings. The largest absolute Gasteiger partial charge is 0.433 e. The van der Waals surface area contributed by atoms with E-state index in [0.717, 1.165) is 12.1 Å². The van der Waals surface area contributed by atoms with Crippen LogP contribution in [-0.4, -0.2) is 10.8 Å². The Labute approximate surface area is 106 Å². The highest BCUT2D eigenvalue weighted by atomic mass is 19.4. The van der Waals surface area contributed by atoms with Crippen LogP contribution in [0.3, 0.4) is 0 Å². The first-order valence-electron chi connectivity index (χ1n) is 5.33. The van der Waals surface area contributed by atoms with Gasteiger partial charge in [0, 0.05) is 5.56 Å². The van der Waals surface area contributed by atoms with E-state index in [-0.39, 0.29) is 5.56 Å². The first-order chi connectivity index (χ1) is 8.89. The van der Waals surface area contributed by atoms with E-state index in [2.05, 4.69) is 4.98 Å². The number of ketones is 1. The Kier molecular flexibility index (Phi) is 3.25. The van der Waals surface area contributed by atoms with E-state index in [1.54, 1.807) is 30.3 Å². The smallest absolute Gasteiger partial charge is 0.383 e. The van der Waals surface area contributed by atoms with Gasteiger partial charge < -0.3 is 5.73 Å². The number of hydrogen-bond donors (Lipinski definition) is 1. The van der Waals surface area contributed by atoms with Crippen molar-refractivity contribution in [1.82, 2.24) is 4.98 Å². The summed E-state index contributed by atoms with van der Waals surface area (Å²) in [5, 5.41) is 0. The fourth-order valence-corrected chi connectivity index (χ4v) is 1.57. The van der Waals surface area contributed by atoms with E-state index in [1.807, 2.05) is 0 Å². The molecule has 0 amide bonds. The van der Waals surface area contributed by atoms with Crippen LogP contribution in [0.1, 0.15) is 21.6 Å². The highest BCUT2D eigenvalue weighted by Crippen LogP contribution is 2.29. The third-order valence-electron chi connectivity index (χ3n) is 2.50. The number of nitrogens with two attached hydrogens (primary N) is 1. The first-order valence-corrected chi connectivity index (χ1v) is 5.33. The van der Waals surface area contributed by atoms with Crippen molar-refractivity contribution in [3.63, 3.8) is 0 Å². The molecule has 0 bridgehead atoms. The number of nitrogens with zero attached hydrogens (tertiary/aromatic N) is 1. The van der Waals surface area contributed by atoms with Crippen molar-refractivity contribution in [2.45, 2.75) is 6.18 Å². The summed E-state index contributed by atoms with van der Waals surface area (Å²) in [5.41, 5.74) is 4.61. The number of anilines is 1. The SMILES string of the molecule is Nc1nc(C(F)(F)F)ccc1C(=O)c1ccccc1. The Morgan fingerprint density at radius 3 is 2.21 bits per heavy atom. The lowest BCUT2D eigenvalue weighted by Gasteiger charge is -2.09. The summed E-state index contributed by atoms with van der Waals surface area (Å²) >= 11 is 0. The van der Waals surface area contributed by atoms with Gasteiger partial charge in [0.1, 0.15) is 11.5 Å². The molecule has 0 radical (unpaired) electrons. The average molecular weight is 266 g/mol. The van der Waals surface area contributed by atoms with Crippen molar-refractivity contribution in [3.8, 4) is 0 Å². The molecule has 2 aromatic rings. The molecule has 0 unspecified atom stereocenters. The highest BCUT2D eigenvalue weighted by molar-refractivity contribution is 6.11. The number of benzene rings is 1. The molecule has 0 saturated heterocycles. The van der Waals surface area contributed by atoms with Crippen LogP contribution >= 0.6 is 0 Å². The van der Waals surface area contributed by atoms with Crippen LogP contribution in [0, 0.1) is 0 Å². The van der Waals surface area contributed by atoms with Gasteiger partial charge >= 0.3 is 6.18 Å². The summed E-state index contributed by atoms with van der Waals surface area (Å²) in [4.78, 5) is 15.2. The van der Waals surface area contributed by atoms with Crippen molar-refractivity contribution >= 4 is 11.6 Å². The number of alkyl halides is 3. The van der Waals surface area contributed by atoms with Crippen molar-refractivity contribution in [2.24, 2.45) is 0 Å². The van der Waals surface area contributed by atoms with Gasteiger partial charge in [-0.2, -0.15) is 13.2 Å². The maximum Gasteiger partial charge on any atom is 0.433 e. The van der Waals surface area contributed by atoms with E-state index < -0.39 is 23.5 Å². The van der Waals surface area contributed by atoms with E-state index in [1.165, 1.54) is 0 Å². The number of pyridine rings is 1. The Balaban J connectivity index is 2.40. The number of halogens is 3.